The van der Waals surface area contributed by atoms with E-state index in [4.69, 9.17) is 14.2 Å². The zero-order valence-electron chi connectivity index (χ0n) is 22.7. The summed E-state index contributed by atoms with van der Waals surface area (Å²) >= 11 is 2.03. The van der Waals surface area contributed by atoms with Crippen molar-refractivity contribution in [1.82, 2.24) is 5.32 Å². The first kappa shape index (κ1) is 29.6. The maximum atomic E-state index is 13.3. The van der Waals surface area contributed by atoms with Crippen LogP contribution < -0.4 is 29.7 Å². The Hall–Kier alpha value is -4.39. The molecule has 1 heterocycles. The van der Waals surface area contributed by atoms with Crippen LogP contribution in [-0.4, -0.2) is 43.6 Å². The Morgan fingerprint density at radius 1 is 0.951 bits per heavy atom. The fourth-order valence-electron chi connectivity index (χ4n) is 3.96. The molecule has 0 unspecified atom stereocenters. The molecule has 1 aliphatic rings. The molecule has 3 aromatic carbocycles. The molecule has 10 nitrogen and oxygen atoms in total. The number of imide groups is 2. The fourth-order valence-corrected chi connectivity index (χ4v) is 4.74. The monoisotopic (exact) mass is 669 g/mol. The number of barbiturate groups is 1. The molecule has 1 fully saturated rings. The van der Waals surface area contributed by atoms with Crippen molar-refractivity contribution in [1.29, 1.82) is 0 Å². The average molecular weight is 669 g/mol. The third kappa shape index (κ3) is 7.23. The van der Waals surface area contributed by atoms with Crippen LogP contribution in [-0.2, 0) is 14.4 Å². The third-order valence-corrected chi connectivity index (χ3v) is 6.63. The molecule has 4 rings (SSSR count). The molecule has 11 heteroatoms. The molecule has 0 bridgehead atoms. The van der Waals surface area contributed by atoms with Gasteiger partial charge in [0.05, 0.1) is 22.5 Å². The Balaban J connectivity index is 1.56. The number of urea groups is 1. The molecule has 1 aliphatic heterocycles. The predicted molar refractivity (Wildman–Crippen MR) is 162 cm³/mol. The highest BCUT2D eigenvalue weighted by Gasteiger charge is 2.37. The number of carbonyl (C=O) groups excluding carboxylic acids is 4. The lowest BCUT2D eigenvalue weighted by atomic mass is 10.1. The van der Waals surface area contributed by atoms with Gasteiger partial charge in [-0.15, -0.1) is 0 Å². The summed E-state index contributed by atoms with van der Waals surface area (Å²) in [7, 11) is 0. The van der Waals surface area contributed by atoms with Gasteiger partial charge in [-0.2, -0.15) is 0 Å². The second kappa shape index (κ2) is 13.3. The number of hydrogen-bond acceptors (Lipinski definition) is 7. The zero-order valence-corrected chi connectivity index (χ0v) is 24.8. The summed E-state index contributed by atoms with van der Waals surface area (Å²) < 4.78 is 17.6. The van der Waals surface area contributed by atoms with Crippen LogP contribution in [0.25, 0.3) is 6.08 Å². The van der Waals surface area contributed by atoms with Gasteiger partial charge in [-0.05, 0) is 104 Å². The Morgan fingerprint density at radius 3 is 2.29 bits per heavy atom. The molecule has 212 valence electrons. The predicted octanol–water partition coefficient (Wildman–Crippen LogP) is 5.08. The van der Waals surface area contributed by atoms with Gasteiger partial charge >= 0.3 is 6.03 Å². The van der Waals surface area contributed by atoms with Gasteiger partial charge in [-0.3, -0.25) is 19.7 Å². The van der Waals surface area contributed by atoms with Crippen LogP contribution in [0.1, 0.15) is 25.0 Å². The maximum absolute atomic E-state index is 13.3. The molecule has 5 amide bonds. The fraction of sp³-hybridized carbons (Fsp3) is 0.200. The molecular weight excluding hydrogens is 641 g/mol. The largest absolute Gasteiger partial charge is 0.494 e. The van der Waals surface area contributed by atoms with Gasteiger partial charge in [0.15, 0.2) is 18.1 Å². The first-order chi connectivity index (χ1) is 19.7. The highest BCUT2D eigenvalue weighted by Crippen LogP contribution is 2.35. The lowest BCUT2D eigenvalue weighted by Gasteiger charge is -2.26. The number of amides is 5. The van der Waals surface area contributed by atoms with Crippen molar-refractivity contribution in [3.8, 4) is 17.2 Å². The molecule has 2 N–H and O–H groups in total. The molecule has 1 saturated heterocycles. The zero-order chi connectivity index (χ0) is 29.5. The van der Waals surface area contributed by atoms with Gasteiger partial charge in [0.1, 0.15) is 11.3 Å². The van der Waals surface area contributed by atoms with E-state index in [1.807, 2.05) is 48.6 Å². The summed E-state index contributed by atoms with van der Waals surface area (Å²) in [6.45, 7) is 6.12. The highest BCUT2D eigenvalue weighted by atomic mass is 127. The van der Waals surface area contributed by atoms with Crippen LogP contribution in [0.5, 0.6) is 17.2 Å². The molecule has 0 aromatic heterocycles. The van der Waals surface area contributed by atoms with Crippen LogP contribution in [0.2, 0.25) is 0 Å². The Labute approximate surface area is 250 Å². The van der Waals surface area contributed by atoms with E-state index in [-0.39, 0.29) is 23.8 Å². The SMILES string of the molecule is CCOc1ccc(N2C(=O)NC(=O)/C(=C\c3cc(I)c(OCC(=O)Nc4ccc(C)cc4)c(OCC)c3)C2=O)cc1. The van der Waals surface area contributed by atoms with E-state index < -0.39 is 17.8 Å². The average Bonchev–Trinajstić information content (AvgIpc) is 2.93. The van der Waals surface area contributed by atoms with Gasteiger partial charge in [-0.1, -0.05) is 17.7 Å². The number of nitrogens with one attached hydrogen (secondary N) is 2. The summed E-state index contributed by atoms with van der Waals surface area (Å²) in [5.74, 6) is -0.674. The van der Waals surface area contributed by atoms with Gasteiger partial charge in [0, 0.05) is 5.69 Å². The maximum Gasteiger partial charge on any atom is 0.335 e. The summed E-state index contributed by atoms with van der Waals surface area (Å²) in [5.41, 5.74) is 2.25. The van der Waals surface area contributed by atoms with Gasteiger partial charge < -0.3 is 19.5 Å². The van der Waals surface area contributed by atoms with Crippen LogP contribution >= 0.6 is 22.6 Å². The summed E-state index contributed by atoms with van der Waals surface area (Å²) in [4.78, 5) is 51.9. The van der Waals surface area contributed by atoms with Crippen molar-refractivity contribution in [3.63, 3.8) is 0 Å². The van der Waals surface area contributed by atoms with E-state index in [1.165, 1.54) is 6.08 Å². The second-order valence-electron chi connectivity index (χ2n) is 8.85. The van der Waals surface area contributed by atoms with Gasteiger partial charge in [0.25, 0.3) is 17.7 Å². The third-order valence-electron chi connectivity index (χ3n) is 5.83. The van der Waals surface area contributed by atoms with Crippen molar-refractivity contribution >= 4 is 63.8 Å². The number of aryl methyl sites for hydroxylation is 1. The molecule has 41 heavy (non-hydrogen) atoms. The molecule has 0 radical (unpaired) electrons. The quantitative estimate of drug-likeness (QED) is 0.175. The van der Waals surface area contributed by atoms with E-state index in [2.05, 4.69) is 10.6 Å². The van der Waals surface area contributed by atoms with E-state index in [9.17, 15) is 19.2 Å². The Bertz CT molecular complexity index is 1500. The number of rotatable bonds is 10. The smallest absolute Gasteiger partial charge is 0.335 e. The van der Waals surface area contributed by atoms with Crippen LogP contribution in [0, 0.1) is 10.5 Å². The van der Waals surface area contributed by atoms with E-state index in [1.54, 1.807) is 55.5 Å². The topological polar surface area (TPSA) is 123 Å². The molecule has 0 atom stereocenters. The molecular formula is C30H28IN3O7. The minimum Gasteiger partial charge on any atom is -0.494 e. The minimum atomic E-state index is -0.849. The number of halogens is 1. The van der Waals surface area contributed by atoms with Crippen molar-refractivity contribution in [2.24, 2.45) is 0 Å². The van der Waals surface area contributed by atoms with E-state index in [0.29, 0.717) is 45.3 Å². The lowest BCUT2D eigenvalue weighted by molar-refractivity contribution is -0.122. The van der Waals surface area contributed by atoms with Crippen molar-refractivity contribution in [2.45, 2.75) is 20.8 Å². The van der Waals surface area contributed by atoms with Crippen molar-refractivity contribution < 1.29 is 33.4 Å². The molecule has 3 aromatic rings. The summed E-state index contributed by atoms with van der Waals surface area (Å²) in [5, 5.41) is 4.99. The number of benzene rings is 3. The van der Waals surface area contributed by atoms with Crippen LogP contribution in [0.3, 0.4) is 0 Å². The number of anilines is 2. The first-order valence-electron chi connectivity index (χ1n) is 12.8. The lowest BCUT2D eigenvalue weighted by Crippen LogP contribution is -2.54. The van der Waals surface area contributed by atoms with E-state index >= 15 is 0 Å². The van der Waals surface area contributed by atoms with E-state index in [0.717, 1.165) is 10.5 Å². The Kier molecular flexibility index (Phi) is 9.61. The second-order valence-corrected chi connectivity index (χ2v) is 10.0. The minimum absolute atomic E-state index is 0.233. The summed E-state index contributed by atoms with van der Waals surface area (Å²) in [6.07, 6.45) is 1.38. The normalized spacial score (nSPS) is 14.1. The standard InChI is InChI=1S/C30H28IN3O7/c1-4-39-22-12-10-21(11-13-22)34-29(37)23(28(36)33-30(34)38)14-19-15-24(31)27(25(16-19)40-5-2)41-17-26(35)32-20-8-6-18(3)7-9-20/h6-16H,4-5,17H2,1-3H3,(H,32,35)(H,33,36,38)/b23-14+. The number of ether oxygens (including phenoxy) is 3. The Morgan fingerprint density at radius 2 is 1.63 bits per heavy atom. The van der Waals surface area contributed by atoms with Gasteiger partial charge in [-0.25, -0.2) is 9.69 Å². The number of carbonyl (C=O) groups is 4. The van der Waals surface area contributed by atoms with Gasteiger partial charge in [0.2, 0.25) is 0 Å². The number of nitrogens with zero attached hydrogens (tertiary/aromatic N) is 1. The molecule has 0 aliphatic carbocycles. The molecule has 0 spiro atoms. The van der Waals surface area contributed by atoms with Crippen molar-refractivity contribution in [3.05, 3.63) is 80.9 Å². The van der Waals surface area contributed by atoms with Crippen LogP contribution in [0.4, 0.5) is 16.2 Å². The molecule has 0 saturated carbocycles. The summed E-state index contributed by atoms with van der Waals surface area (Å²) in [6, 6.07) is 16.2. The van der Waals surface area contributed by atoms with Crippen LogP contribution in [0.15, 0.2) is 66.2 Å². The van der Waals surface area contributed by atoms with Crippen molar-refractivity contribution in [2.75, 3.05) is 30.0 Å². The highest BCUT2D eigenvalue weighted by molar-refractivity contribution is 14.1. The number of hydrogen-bond donors (Lipinski definition) is 2. The first-order valence-corrected chi connectivity index (χ1v) is 13.9.